The van der Waals surface area contributed by atoms with Crippen LogP contribution in [0.25, 0.3) is 11.0 Å². The highest BCUT2D eigenvalue weighted by molar-refractivity contribution is 5.77. The van der Waals surface area contributed by atoms with Gasteiger partial charge in [-0.1, -0.05) is 30.3 Å². The van der Waals surface area contributed by atoms with Crippen LogP contribution in [0.4, 0.5) is 0 Å². The number of ether oxygens (including phenoxy) is 1. The number of aliphatic hydroxyl groups is 1. The maximum absolute atomic E-state index is 10.4. The number of benzene rings is 2. The molecule has 0 saturated heterocycles. The number of hydrogen-bond donors (Lipinski definition) is 3. The number of furan rings is 1. The molecule has 0 fully saturated rings. The molecule has 2 unspecified atom stereocenters. The van der Waals surface area contributed by atoms with Gasteiger partial charge in [0, 0.05) is 24.5 Å². The standard InChI is InChI=1S/C22H28N2O3/c1-16(13-17-7-9-19(10-8-17)26-12-11-23-2)24-15-20(25)22-14-18-5-3-4-6-21(18)27-22/h3-10,14,16,20,23-25H,11-13,15H2,1-2H3. The maximum Gasteiger partial charge on any atom is 0.135 e. The van der Waals surface area contributed by atoms with Gasteiger partial charge in [-0.25, -0.2) is 0 Å². The second kappa shape index (κ2) is 9.55. The van der Waals surface area contributed by atoms with Crippen LogP contribution in [0.1, 0.15) is 24.4 Å². The number of rotatable bonds is 10. The minimum absolute atomic E-state index is 0.236. The Bertz CT molecular complexity index is 796. The van der Waals surface area contributed by atoms with Gasteiger partial charge in [-0.15, -0.1) is 0 Å². The highest BCUT2D eigenvalue weighted by Gasteiger charge is 2.14. The average molecular weight is 368 g/mol. The number of hydrogen-bond acceptors (Lipinski definition) is 5. The van der Waals surface area contributed by atoms with E-state index < -0.39 is 6.10 Å². The third-order valence-electron chi connectivity index (χ3n) is 4.52. The third-order valence-corrected chi connectivity index (χ3v) is 4.52. The molecule has 5 heteroatoms. The van der Waals surface area contributed by atoms with Crippen molar-refractivity contribution < 1.29 is 14.3 Å². The van der Waals surface area contributed by atoms with Gasteiger partial charge >= 0.3 is 0 Å². The average Bonchev–Trinajstić information content (AvgIpc) is 3.12. The molecular weight excluding hydrogens is 340 g/mol. The molecule has 3 rings (SSSR count). The van der Waals surface area contributed by atoms with Crippen LogP contribution in [-0.2, 0) is 6.42 Å². The molecule has 3 N–H and O–H groups in total. The Labute approximate surface area is 160 Å². The van der Waals surface area contributed by atoms with Crippen LogP contribution in [0.3, 0.4) is 0 Å². The lowest BCUT2D eigenvalue weighted by Gasteiger charge is -2.16. The molecule has 0 amide bonds. The first-order valence-electron chi connectivity index (χ1n) is 9.42. The zero-order valence-electron chi connectivity index (χ0n) is 15.9. The van der Waals surface area contributed by atoms with Gasteiger partial charge in [0.25, 0.3) is 0 Å². The summed E-state index contributed by atoms with van der Waals surface area (Å²) >= 11 is 0. The number of aliphatic hydroxyl groups excluding tert-OH is 1. The smallest absolute Gasteiger partial charge is 0.135 e. The van der Waals surface area contributed by atoms with Crippen LogP contribution in [0, 0.1) is 0 Å². The highest BCUT2D eigenvalue weighted by Crippen LogP contribution is 2.23. The van der Waals surface area contributed by atoms with Gasteiger partial charge in [0.2, 0.25) is 0 Å². The Hall–Kier alpha value is -2.34. The lowest BCUT2D eigenvalue weighted by molar-refractivity contribution is 0.146. The van der Waals surface area contributed by atoms with Crippen molar-refractivity contribution in [1.29, 1.82) is 0 Å². The van der Waals surface area contributed by atoms with E-state index in [0.29, 0.717) is 18.9 Å². The molecular formula is C22H28N2O3. The lowest BCUT2D eigenvalue weighted by atomic mass is 10.1. The third kappa shape index (κ3) is 5.57. The van der Waals surface area contributed by atoms with Crippen molar-refractivity contribution in [2.75, 3.05) is 26.7 Å². The van der Waals surface area contributed by atoms with Crippen molar-refractivity contribution in [3.8, 4) is 5.75 Å². The number of para-hydroxylation sites is 1. The number of likely N-dealkylation sites (N-methyl/N-ethyl adjacent to an activating group) is 1. The second-order valence-corrected chi connectivity index (χ2v) is 6.81. The summed E-state index contributed by atoms with van der Waals surface area (Å²) in [5, 5.41) is 17.8. The molecule has 5 nitrogen and oxygen atoms in total. The molecule has 2 atom stereocenters. The number of fused-ring (bicyclic) bond motifs is 1. The predicted molar refractivity (Wildman–Crippen MR) is 108 cm³/mol. The molecule has 1 heterocycles. The monoisotopic (exact) mass is 368 g/mol. The van der Waals surface area contributed by atoms with Crippen molar-refractivity contribution in [3.05, 3.63) is 65.9 Å². The fourth-order valence-electron chi connectivity index (χ4n) is 3.00. The van der Waals surface area contributed by atoms with Gasteiger partial charge < -0.3 is 24.9 Å². The fraction of sp³-hybridized carbons (Fsp3) is 0.364. The van der Waals surface area contributed by atoms with E-state index in [-0.39, 0.29) is 6.04 Å². The van der Waals surface area contributed by atoms with Gasteiger partial charge in [0.15, 0.2) is 0 Å². The van der Waals surface area contributed by atoms with Crippen molar-refractivity contribution >= 4 is 11.0 Å². The summed E-state index contributed by atoms with van der Waals surface area (Å²) in [6, 6.07) is 18.1. The van der Waals surface area contributed by atoms with Crippen LogP contribution in [0.2, 0.25) is 0 Å². The molecule has 0 aliphatic heterocycles. The minimum Gasteiger partial charge on any atom is -0.492 e. The Morgan fingerprint density at radius 3 is 2.63 bits per heavy atom. The van der Waals surface area contributed by atoms with Gasteiger partial charge in [-0.05, 0) is 50.2 Å². The molecule has 2 aromatic carbocycles. The van der Waals surface area contributed by atoms with E-state index >= 15 is 0 Å². The van der Waals surface area contributed by atoms with Crippen LogP contribution >= 0.6 is 0 Å². The first-order chi connectivity index (χ1) is 13.2. The van der Waals surface area contributed by atoms with E-state index in [0.717, 1.165) is 29.7 Å². The summed E-state index contributed by atoms with van der Waals surface area (Å²) < 4.78 is 11.4. The first-order valence-corrected chi connectivity index (χ1v) is 9.42. The molecule has 0 aliphatic rings. The van der Waals surface area contributed by atoms with E-state index in [1.807, 2.05) is 49.5 Å². The molecule has 0 radical (unpaired) electrons. The molecule has 0 aliphatic carbocycles. The summed E-state index contributed by atoms with van der Waals surface area (Å²) in [5.41, 5.74) is 2.03. The van der Waals surface area contributed by atoms with Gasteiger partial charge in [-0.2, -0.15) is 0 Å². The van der Waals surface area contributed by atoms with Crippen LogP contribution in [0.15, 0.2) is 59.0 Å². The summed E-state index contributed by atoms with van der Waals surface area (Å²) in [6.07, 6.45) is 0.215. The van der Waals surface area contributed by atoms with Crippen LogP contribution in [-0.4, -0.2) is 37.9 Å². The summed E-state index contributed by atoms with van der Waals surface area (Å²) in [6.45, 7) is 4.05. The SMILES string of the molecule is CNCCOc1ccc(CC(C)NCC(O)c2cc3ccccc3o2)cc1. The van der Waals surface area contributed by atoms with Gasteiger partial charge in [0.1, 0.15) is 29.8 Å². The van der Waals surface area contributed by atoms with Crippen LogP contribution < -0.4 is 15.4 Å². The molecule has 3 aromatic rings. The molecule has 144 valence electrons. The second-order valence-electron chi connectivity index (χ2n) is 6.81. The zero-order chi connectivity index (χ0) is 19.1. The van der Waals surface area contributed by atoms with Crippen molar-refractivity contribution in [2.24, 2.45) is 0 Å². The normalized spacial score (nSPS) is 13.6. The predicted octanol–water partition coefficient (Wildman–Crippen LogP) is 3.29. The van der Waals surface area contributed by atoms with E-state index in [2.05, 4.69) is 29.7 Å². The largest absolute Gasteiger partial charge is 0.492 e. The Morgan fingerprint density at radius 2 is 1.89 bits per heavy atom. The topological polar surface area (TPSA) is 66.7 Å². The highest BCUT2D eigenvalue weighted by atomic mass is 16.5. The summed E-state index contributed by atoms with van der Waals surface area (Å²) in [4.78, 5) is 0. The molecule has 0 spiro atoms. The van der Waals surface area contributed by atoms with Crippen molar-refractivity contribution in [2.45, 2.75) is 25.5 Å². The molecule has 0 saturated carbocycles. The Kier molecular flexibility index (Phi) is 6.87. The quantitative estimate of drug-likeness (QED) is 0.479. The number of nitrogens with one attached hydrogen (secondary N) is 2. The summed E-state index contributed by atoms with van der Waals surface area (Å²) in [7, 11) is 1.91. The van der Waals surface area contributed by atoms with Crippen molar-refractivity contribution in [3.63, 3.8) is 0 Å². The first kappa shape index (κ1) is 19.4. The Balaban J connectivity index is 1.46. The maximum atomic E-state index is 10.4. The van der Waals surface area contributed by atoms with E-state index in [1.165, 1.54) is 5.56 Å². The molecule has 0 bridgehead atoms. The summed E-state index contributed by atoms with van der Waals surface area (Å²) in [5.74, 6) is 1.48. The van der Waals surface area contributed by atoms with Crippen molar-refractivity contribution in [1.82, 2.24) is 10.6 Å². The van der Waals surface area contributed by atoms with E-state index in [4.69, 9.17) is 9.15 Å². The fourth-order valence-corrected chi connectivity index (χ4v) is 3.00. The molecule has 1 aromatic heterocycles. The van der Waals surface area contributed by atoms with E-state index in [9.17, 15) is 5.11 Å². The lowest BCUT2D eigenvalue weighted by Crippen LogP contribution is -2.31. The van der Waals surface area contributed by atoms with Gasteiger partial charge in [-0.3, -0.25) is 0 Å². The molecule has 27 heavy (non-hydrogen) atoms. The minimum atomic E-state index is -0.664. The van der Waals surface area contributed by atoms with Gasteiger partial charge in [0.05, 0.1) is 0 Å². The van der Waals surface area contributed by atoms with E-state index in [1.54, 1.807) is 0 Å². The zero-order valence-corrected chi connectivity index (χ0v) is 15.9. The Morgan fingerprint density at radius 1 is 1.11 bits per heavy atom. The van der Waals surface area contributed by atoms with Crippen LogP contribution in [0.5, 0.6) is 5.75 Å².